The molecule has 2 unspecified atom stereocenters. The number of aromatic nitrogens is 1. The second kappa shape index (κ2) is 4.74. The number of fused-ring (bicyclic) bond motifs is 2. The third-order valence-corrected chi connectivity index (χ3v) is 3.91. The Bertz CT molecular complexity index is 579. The Kier molecular flexibility index (Phi) is 3.06. The van der Waals surface area contributed by atoms with Crippen LogP contribution in [0.4, 0.5) is 5.13 Å². The van der Waals surface area contributed by atoms with E-state index in [0.29, 0.717) is 22.9 Å². The highest BCUT2D eigenvalue weighted by Crippen LogP contribution is 2.33. The minimum atomic E-state index is -0.509. The average molecular weight is 277 g/mol. The number of hydrogen-bond acceptors (Lipinski definition) is 6. The summed E-state index contributed by atoms with van der Waals surface area (Å²) < 4.78 is 5.34. The second-order valence-electron chi connectivity index (χ2n) is 4.22. The summed E-state index contributed by atoms with van der Waals surface area (Å²) in [7, 11) is 0. The van der Waals surface area contributed by atoms with E-state index in [1.807, 2.05) is 0 Å². The van der Waals surface area contributed by atoms with Gasteiger partial charge >= 0.3 is 0 Å². The van der Waals surface area contributed by atoms with Crippen LogP contribution in [0.1, 0.15) is 17.7 Å². The molecule has 0 radical (unpaired) electrons. The highest BCUT2D eigenvalue weighted by molar-refractivity contribution is 7.16. The van der Waals surface area contributed by atoms with Gasteiger partial charge in [0.25, 0.3) is 11.8 Å². The van der Waals surface area contributed by atoms with E-state index in [4.69, 9.17) is 10.5 Å². The molecule has 0 aliphatic carbocycles. The van der Waals surface area contributed by atoms with E-state index in [-0.39, 0.29) is 18.4 Å². The molecule has 3 heterocycles. The van der Waals surface area contributed by atoms with Crippen molar-refractivity contribution in [2.75, 3.05) is 11.4 Å². The molecule has 2 fully saturated rings. The van der Waals surface area contributed by atoms with Gasteiger partial charge in [-0.25, -0.2) is 9.88 Å². The molecule has 2 atom stereocenters. The molecule has 98 valence electrons. The lowest BCUT2D eigenvalue weighted by Gasteiger charge is -2.27. The fourth-order valence-corrected chi connectivity index (χ4v) is 2.95. The van der Waals surface area contributed by atoms with Gasteiger partial charge in [-0.3, -0.25) is 9.59 Å². The predicted molar refractivity (Wildman–Crippen MR) is 68.4 cm³/mol. The van der Waals surface area contributed by atoms with Crippen molar-refractivity contribution in [2.45, 2.75) is 25.0 Å². The van der Waals surface area contributed by atoms with Crippen LogP contribution in [0.5, 0.6) is 0 Å². The number of nitrogens with two attached hydrogens (primary N) is 1. The summed E-state index contributed by atoms with van der Waals surface area (Å²) in [4.78, 5) is 30.1. The smallest absolute Gasteiger partial charge is 0.264 e. The van der Waals surface area contributed by atoms with Crippen LogP contribution in [0.15, 0.2) is 6.20 Å². The molecule has 2 saturated heterocycles. The van der Waals surface area contributed by atoms with Crippen molar-refractivity contribution < 1.29 is 14.3 Å². The molecule has 1 aromatic heterocycles. The van der Waals surface area contributed by atoms with Crippen LogP contribution >= 0.6 is 11.3 Å². The van der Waals surface area contributed by atoms with E-state index >= 15 is 0 Å². The summed E-state index contributed by atoms with van der Waals surface area (Å²) in [5.74, 6) is 4.89. The van der Waals surface area contributed by atoms with Crippen LogP contribution in [0.25, 0.3) is 0 Å². The summed E-state index contributed by atoms with van der Waals surface area (Å²) in [6, 6.07) is 0. The normalized spacial score (nSPS) is 25.4. The Morgan fingerprint density at radius 2 is 2.11 bits per heavy atom. The standard InChI is InChI=1S/C12H11N3O3S/c13-5-1-2-7-6-14-12(19-7)15-10(16)8-3-4-9(18-8)11(15)17/h6,8-9H,3-5,13H2. The largest absolute Gasteiger partial charge is 0.355 e. The van der Waals surface area contributed by atoms with Crippen molar-refractivity contribution in [3.8, 4) is 11.8 Å². The van der Waals surface area contributed by atoms with Crippen molar-refractivity contribution in [1.29, 1.82) is 0 Å². The number of ether oxygens (including phenoxy) is 1. The lowest BCUT2D eigenvalue weighted by atomic mass is 10.2. The topological polar surface area (TPSA) is 85.5 Å². The maximum atomic E-state index is 12.1. The van der Waals surface area contributed by atoms with Crippen LogP contribution in [-0.2, 0) is 14.3 Å². The molecule has 2 amide bonds. The van der Waals surface area contributed by atoms with Crippen LogP contribution in [0.3, 0.4) is 0 Å². The molecule has 7 heteroatoms. The number of carbonyl (C=O) groups excluding carboxylic acids is 2. The number of nitrogens with zero attached hydrogens (tertiary/aromatic N) is 2. The van der Waals surface area contributed by atoms with Crippen molar-refractivity contribution >= 4 is 28.3 Å². The number of thiazole rings is 1. The van der Waals surface area contributed by atoms with E-state index in [1.165, 1.54) is 11.3 Å². The fourth-order valence-electron chi connectivity index (χ4n) is 2.15. The number of amides is 2. The van der Waals surface area contributed by atoms with Gasteiger partial charge in [-0.1, -0.05) is 23.2 Å². The highest BCUT2D eigenvalue weighted by atomic mass is 32.1. The molecule has 2 bridgehead atoms. The molecular weight excluding hydrogens is 266 g/mol. The van der Waals surface area contributed by atoms with Gasteiger partial charge in [0.1, 0.15) is 12.2 Å². The molecular formula is C12H11N3O3S. The van der Waals surface area contributed by atoms with Crippen molar-refractivity contribution in [3.05, 3.63) is 11.1 Å². The quantitative estimate of drug-likeness (QED) is 0.571. The number of rotatable bonds is 1. The third kappa shape index (κ3) is 2.04. The third-order valence-electron chi connectivity index (χ3n) is 3.01. The van der Waals surface area contributed by atoms with Crippen LogP contribution < -0.4 is 10.6 Å². The first-order valence-corrected chi connectivity index (χ1v) is 6.70. The van der Waals surface area contributed by atoms with E-state index in [0.717, 1.165) is 4.90 Å². The van der Waals surface area contributed by atoms with Crippen LogP contribution in [0, 0.1) is 11.8 Å². The van der Waals surface area contributed by atoms with E-state index in [2.05, 4.69) is 16.8 Å². The van der Waals surface area contributed by atoms with E-state index < -0.39 is 12.2 Å². The fraction of sp³-hybridized carbons (Fsp3) is 0.417. The summed E-state index contributed by atoms with van der Waals surface area (Å²) in [6.45, 7) is 0.257. The number of morpholine rings is 1. The Hall–Kier alpha value is -1.75. The van der Waals surface area contributed by atoms with E-state index in [9.17, 15) is 9.59 Å². The van der Waals surface area contributed by atoms with Crippen molar-refractivity contribution in [3.63, 3.8) is 0 Å². The Morgan fingerprint density at radius 3 is 2.74 bits per heavy atom. The Morgan fingerprint density at radius 1 is 1.42 bits per heavy atom. The van der Waals surface area contributed by atoms with Gasteiger partial charge in [0.2, 0.25) is 0 Å². The van der Waals surface area contributed by atoms with Gasteiger partial charge < -0.3 is 10.5 Å². The molecule has 0 spiro atoms. The summed E-state index contributed by atoms with van der Waals surface area (Å²) in [5, 5.41) is 0.358. The van der Waals surface area contributed by atoms with Gasteiger partial charge in [0, 0.05) is 0 Å². The van der Waals surface area contributed by atoms with Crippen LogP contribution in [0.2, 0.25) is 0 Å². The van der Waals surface area contributed by atoms with Gasteiger partial charge in [0.05, 0.1) is 17.6 Å². The first kappa shape index (κ1) is 12.3. The molecule has 1 aromatic rings. The lowest BCUT2D eigenvalue weighted by molar-refractivity contribution is -0.146. The molecule has 0 saturated carbocycles. The van der Waals surface area contributed by atoms with Gasteiger partial charge in [-0.2, -0.15) is 0 Å². The number of imide groups is 1. The molecule has 19 heavy (non-hydrogen) atoms. The zero-order valence-electron chi connectivity index (χ0n) is 9.96. The first-order chi connectivity index (χ1) is 9.20. The Labute approximate surface area is 113 Å². The molecule has 2 N–H and O–H groups in total. The monoisotopic (exact) mass is 277 g/mol. The minimum Gasteiger partial charge on any atom is -0.355 e. The highest BCUT2D eigenvalue weighted by Gasteiger charge is 2.48. The number of anilines is 1. The maximum Gasteiger partial charge on any atom is 0.264 e. The Balaban J connectivity index is 1.90. The molecule has 2 aliphatic rings. The summed E-state index contributed by atoms with van der Waals surface area (Å²) in [6.07, 6.45) is 1.71. The lowest BCUT2D eigenvalue weighted by Crippen LogP contribution is -2.51. The average Bonchev–Trinajstić information content (AvgIpc) is 3.03. The summed E-state index contributed by atoms with van der Waals surface area (Å²) in [5.41, 5.74) is 5.29. The second-order valence-corrected chi connectivity index (χ2v) is 5.22. The van der Waals surface area contributed by atoms with Gasteiger partial charge in [-0.05, 0) is 12.8 Å². The molecule has 0 aromatic carbocycles. The van der Waals surface area contributed by atoms with Gasteiger partial charge in [0.15, 0.2) is 5.13 Å². The predicted octanol–water partition coefficient (Wildman–Crippen LogP) is -0.126. The van der Waals surface area contributed by atoms with Crippen LogP contribution in [-0.4, -0.2) is 35.6 Å². The molecule has 2 aliphatic heterocycles. The molecule has 3 rings (SSSR count). The summed E-state index contributed by atoms with van der Waals surface area (Å²) >= 11 is 1.21. The van der Waals surface area contributed by atoms with Crippen molar-refractivity contribution in [1.82, 2.24) is 4.98 Å². The zero-order valence-corrected chi connectivity index (χ0v) is 10.8. The minimum absolute atomic E-state index is 0.257. The van der Waals surface area contributed by atoms with Crippen molar-refractivity contribution in [2.24, 2.45) is 5.73 Å². The zero-order chi connectivity index (χ0) is 13.4. The molecule has 6 nitrogen and oxygen atoms in total. The SMILES string of the molecule is NCC#Cc1cnc(N2C(=O)C3CCC(O3)C2=O)s1. The van der Waals surface area contributed by atoms with Gasteiger partial charge in [-0.15, -0.1) is 0 Å². The number of hydrogen-bond donors (Lipinski definition) is 1. The number of carbonyl (C=O) groups is 2. The maximum absolute atomic E-state index is 12.1. The van der Waals surface area contributed by atoms with E-state index in [1.54, 1.807) is 6.20 Å². The first-order valence-electron chi connectivity index (χ1n) is 5.88.